The summed E-state index contributed by atoms with van der Waals surface area (Å²) in [6.07, 6.45) is 0. The molecule has 1 N–H and O–H groups in total. The zero-order chi connectivity index (χ0) is 18.0. The van der Waals surface area contributed by atoms with Gasteiger partial charge in [0.05, 0.1) is 10.9 Å². The van der Waals surface area contributed by atoms with Crippen LogP contribution in [0.15, 0.2) is 57.7 Å². The van der Waals surface area contributed by atoms with Gasteiger partial charge in [0, 0.05) is 13.0 Å². The van der Waals surface area contributed by atoms with E-state index >= 15 is 0 Å². The van der Waals surface area contributed by atoms with Crippen molar-refractivity contribution in [2.45, 2.75) is 6.92 Å². The van der Waals surface area contributed by atoms with Crippen LogP contribution in [-0.2, 0) is 4.79 Å². The minimum atomic E-state index is -1.02. The first-order chi connectivity index (χ1) is 12.0. The summed E-state index contributed by atoms with van der Waals surface area (Å²) in [6, 6.07) is 11.9. The summed E-state index contributed by atoms with van der Waals surface area (Å²) >= 11 is 0. The Kier molecular flexibility index (Phi) is 4.21. The number of aromatic hydroxyl groups is 1. The molecule has 0 aliphatic heterocycles. The molecule has 0 bridgehead atoms. The van der Waals surface area contributed by atoms with Crippen LogP contribution in [-0.4, -0.2) is 17.0 Å². The van der Waals surface area contributed by atoms with Crippen LogP contribution < -0.4 is 15.1 Å². The Morgan fingerprint density at radius 3 is 2.40 bits per heavy atom. The summed E-state index contributed by atoms with van der Waals surface area (Å²) in [6.45, 7) is 1.14. The molecule has 126 valence electrons. The van der Waals surface area contributed by atoms with E-state index in [1.165, 1.54) is 30.3 Å². The number of hydrogen-bond donors (Lipinski definition) is 1. The number of phenolic OH excluding ortho intramolecular Hbond substituents is 1. The molecule has 7 nitrogen and oxygen atoms in total. The van der Waals surface area contributed by atoms with Crippen LogP contribution in [0.3, 0.4) is 0 Å². The average Bonchev–Trinajstić information content (AvgIpc) is 2.58. The van der Waals surface area contributed by atoms with Crippen molar-refractivity contribution in [3.63, 3.8) is 0 Å². The second-order valence-corrected chi connectivity index (χ2v) is 5.08. The van der Waals surface area contributed by atoms with Gasteiger partial charge < -0.3 is 19.0 Å². The molecule has 0 radical (unpaired) electrons. The van der Waals surface area contributed by atoms with E-state index in [4.69, 9.17) is 13.9 Å². The van der Waals surface area contributed by atoms with Crippen molar-refractivity contribution in [1.29, 1.82) is 0 Å². The lowest BCUT2D eigenvalue weighted by Gasteiger charge is -2.11. The molecule has 7 heteroatoms. The summed E-state index contributed by atoms with van der Waals surface area (Å²) in [5.41, 5.74) is -0.819. The van der Waals surface area contributed by atoms with Gasteiger partial charge in [0.15, 0.2) is 5.75 Å². The molecule has 1 aromatic heterocycles. The predicted octanol–water partition coefficient (Wildman–Crippen LogP) is 2.64. The van der Waals surface area contributed by atoms with Crippen molar-refractivity contribution < 1.29 is 28.6 Å². The van der Waals surface area contributed by atoms with E-state index in [1.807, 2.05) is 0 Å². The monoisotopic (exact) mass is 340 g/mol. The Hall–Kier alpha value is -3.61. The molecular formula is C18H12O7. The van der Waals surface area contributed by atoms with Gasteiger partial charge in [-0.05, 0) is 24.3 Å². The fourth-order valence-corrected chi connectivity index (χ4v) is 2.20. The molecule has 0 aliphatic rings. The molecule has 0 saturated heterocycles. The number of hydrogen-bond acceptors (Lipinski definition) is 7. The van der Waals surface area contributed by atoms with Crippen molar-refractivity contribution in [3.05, 3.63) is 64.5 Å². The standard InChI is InChI=1S/C18H12O7/c1-10(19)23-15-13-8-7-12(20)9-14(13)24-18(22)16(15)25-17(21)11-5-3-2-4-6-11/h2-9,20H,1H3. The van der Waals surface area contributed by atoms with Gasteiger partial charge in [-0.3, -0.25) is 4.79 Å². The van der Waals surface area contributed by atoms with Gasteiger partial charge in [0.1, 0.15) is 11.3 Å². The average molecular weight is 340 g/mol. The summed E-state index contributed by atoms with van der Waals surface area (Å²) in [5.74, 6) is -2.44. The van der Waals surface area contributed by atoms with Crippen molar-refractivity contribution in [1.82, 2.24) is 0 Å². The molecule has 0 spiro atoms. The highest BCUT2D eigenvalue weighted by atomic mass is 16.6. The Balaban J connectivity index is 2.14. The third-order valence-corrected chi connectivity index (χ3v) is 3.25. The van der Waals surface area contributed by atoms with Gasteiger partial charge in [0.2, 0.25) is 0 Å². The highest BCUT2D eigenvalue weighted by Crippen LogP contribution is 2.34. The zero-order valence-electron chi connectivity index (χ0n) is 13.0. The molecule has 0 aliphatic carbocycles. The normalized spacial score (nSPS) is 10.4. The van der Waals surface area contributed by atoms with Crippen LogP contribution in [0.5, 0.6) is 17.2 Å². The Labute approximate surface area is 141 Å². The highest BCUT2D eigenvalue weighted by Gasteiger charge is 2.23. The van der Waals surface area contributed by atoms with Crippen molar-refractivity contribution in [2.75, 3.05) is 0 Å². The number of ether oxygens (including phenoxy) is 2. The maximum atomic E-state index is 12.2. The number of carbonyl (C=O) groups excluding carboxylic acids is 2. The summed E-state index contributed by atoms with van der Waals surface area (Å²) in [4.78, 5) is 35.8. The van der Waals surface area contributed by atoms with E-state index in [1.54, 1.807) is 18.2 Å². The lowest BCUT2D eigenvalue weighted by Crippen LogP contribution is -2.17. The SMILES string of the molecule is CC(=O)Oc1c(OC(=O)c2ccccc2)c(=O)oc2cc(O)ccc12. The van der Waals surface area contributed by atoms with E-state index in [0.29, 0.717) is 0 Å². The van der Waals surface area contributed by atoms with Crippen LogP contribution in [0.2, 0.25) is 0 Å². The molecule has 0 saturated carbocycles. The highest BCUT2D eigenvalue weighted by molar-refractivity contribution is 5.94. The summed E-state index contributed by atoms with van der Waals surface area (Å²) < 4.78 is 15.2. The molecule has 25 heavy (non-hydrogen) atoms. The topological polar surface area (TPSA) is 103 Å². The van der Waals surface area contributed by atoms with Gasteiger partial charge in [-0.1, -0.05) is 18.2 Å². The van der Waals surface area contributed by atoms with Crippen LogP contribution in [0.25, 0.3) is 11.0 Å². The summed E-state index contributed by atoms with van der Waals surface area (Å²) in [7, 11) is 0. The molecule has 2 aromatic carbocycles. The lowest BCUT2D eigenvalue weighted by molar-refractivity contribution is -0.131. The zero-order valence-corrected chi connectivity index (χ0v) is 13.0. The molecule has 1 heterocycles. The first kappa shape index (κ1) is 16.3. The molecule has 3 rings (SSSR count). The first-order valence-corrected chi connectivity index (χ1v) is 7.21. The second kappa shape index (κ2) is 6.48. The van der Waals surface area contributed by atoms with E-state index < -0.39 is 23.3 Å². The van der Waals surface area contributed by atoms with Gasteiger partial charge in [-0.2, -0.15) is 0 Å². The van der Waals surface area contributed by atoms with Crippen molar-refractivity contribution >= 4 is 22.9 Å². The summed E-state index contributed by atoms with van der Waals surface area (Å²) in [5, 5.41) is 9.70. The van der Waals surface area contributed by atoms with Crippen molar-refractivity contribution in [2.24, 2.45) is 0 Å². The first-order valence-electron chi connectivity index (χ1n) is 7.21. The number of phenols is 1. The Bertz CT molecular complexity index is 1020. The minimum absolute atomic E-state index is 0.0132. The maximum Gasteiger partial charge on any atom is 0.383 e. The number of rotatable bonds is 3. The quantitative estimate of drug-likeness (QED) is 0.577. The third kappa shape index (κ3) is 3.35. The molecule has 0 amide bonds. The Morgan fingerprint density at radius 1 is 1.00 bits per heavy atom. The van der Waals surface area contributed by atoms with Gasteiger partial charge in [0.25, 0.3) is 5.75 Å². The third-order valence-electron chi connectivity index (χ3n) is 3.25. The smallest absolute Gasteiger partial charge is 0.383 e. The van der Waals surface area contributed by atoms with Gasteiger partial charge in [-0.15, -0.1) is 0 Å². The van der Waals surface area contributed by atoms with Crippen LogP contribution in [0.1, 0.15) is 17.3 Å². The van der Waals surface area contributed by atoms with Crippen LogP contribution >= 0.6 is 0 Å². The minimum Gasteiger partial charge on any atom is -0.508 e. The van der Waals surface area contributed by atoms with Crippen LogP contribution in [0.4, 0.5) is 0 Å². The largest absolute Gasteiger partial charge is 0.508 e. The second-order valence-electron chi connectivity index (χ2n) is 5.08. The van der Waals surface area contributed by atoms with E-state index in [9.17, 15) is 19.5 Å². The number of fused-ring (bicyclic) bond motifs is 1. The number of esters is 2. The molecule has 3 aromatic rings. The van der Waals surface area contributed by atoms with E-state index in [2.05, 4.69) is 0 Å². The van der Waals surface area contributed by atoms with Gasteiger partial charge >= 0.3 is 17.6 Å². The maximum absolute atomic E-state index is 12.2. The Morgan fingerprint density at radius 2 is 1.72 bits per heavy atom. The fourth-order valence-electron chi connectivity index (χ4n) is 2.20. The van der Waals surface area contributed by atoms with Gasteiger partial charge in [-0.25, -0.2) is 9.59 Å². The molecule has 0 unspecified atom stereocenters. The predicted molar refractivity (Wildman–Crippen MR) is 86.9 cm³/mol. The lowest BCUT2D eigenvalue weighted by atomic mass is 10.2. The number of benzene rings is 2. The molecule has 0 atom stereocenters. The van der Waals surface area contributed by atoms with E-state index in [-0.39, 0.29) is 28.0 Å². The molecule has 0 fully saturated rings. The fraction of sp³-hybridized carbons (Fsp3) is 0.0556. The number of carbonyl (C=O) groups is 2. The van der Waals surface area contributed by atoms with E-state index in [0.717, 1.165) is 6.92 Å². The van der Waals surface area contributed by atoms with Crippen molar-refractivity contribution in [3.8, 4) is 17.2 Å². The molecular weight excluding hydrogens is 328 g/mol. The van der Waals surface area contributed by atoms with Crippen LogP contribution in [0, 0.1) is 0 Å².